The van der Waals surface area contributed by atoms with Crippen molar-refractivity contribution < 1.29 is 14.6 Å². The first kappa shape index (κ1) is 12.1. The fourth-order valence-electron chi connectivity index (χ4n) is 1.83. The van der Waals surface area contributed by atoms with Crippen LogP contribution in [0.4, 0.5) is 0 Å². The maximum absolute atomic E-state index is 10.9. The van der Waals surface area contributed by atoms with E-state index in [1.165, 1.54) is 0 Å². The van der Waals surface area contributed by atoms with Crippen molar-refractivity contribution in [2.45, 2.75) is 6.92 Å². The van der Waals surface area contributed by atoms with Gasteiger partial charge >= 0.3 is 0 Å². The van der Waals surface area contributed by atoms with Crippen LogP contribution in [-0.2, 0) is 0 Å². The summed E-state index contributed by atoms with van der Waals surface area (Å²) < 4.78 is 5.18. The van der Waals surface area contributed by atoms with Gasteiger partial charge in [0.15, 0.2) is 6.29 Å². The Hall–Kier alpha value is -2.36. The second-order valence-corrected chi connectivity index (χ2v) is 3.91. The highest BCUT2D eigenvalue weighted by molar-refractivity contribution is 5.84. The zero-order valence-electron chi connectivity index (χ0n) is 10.2. The maximum Gasteiger partial charge on any atom is 0.221 e. The van der Waals surface area contributed by atoms with Crippen LogP contribution in [-0.4, -0.2) is 23.5 Å². The molecule has 1 aromatic heterocycles. The van der Waals surface area contributed by atoms with Crippen LogP contribution in [0.2, 0.25) is 0 Å². The lowest BCUT2D eigenvalue weighted by Gasteiger charge is -2.10. The first-order valence-corrected chi connectivity index (χ1v) is 5.45. The van der Waals surface area contributed by atoms with E-state index in [1.54, 1.807) is 38.4 Å². The van der Waals surface area contributed by atoms with Gasteiger partial charge < -0.3 is 9.84 Å². The van der Waals surface area contributed by atoms with Gasteiger partial charge in [0.1, 0.15) is 5.75 Å². The summed E-state index contributed by atoms with van der Waals surface area (Å²) in [6.45, 7) is 1.74. The number of aryl methyl sites for hydroxylation is 1. The van der Waals surface area contributed by atoms with Crippen LogP contribution in [0.15, 0.2) is 30.5 Å². The predicted molar refractivity (Wildman–Crippen MR) is 68.0 cm³/mol. The lowest BCUT2D eigenvalue weighted by Crippen LogP contribution is -1.93. The number of phenolic OH excluding ortho intramolecular Hbond substituents is 1. The third-order valence-electron chi connectivity index (χ3n) is 2.73. The molecule has 1 heterocycles. The number of pyridine rings is 1. The number of nitrogens with zero attached hydrogens (tertiary/aromatic N) is 1. The molecule has 0 fully saturated rings. The van der Waals surface area contributed by atoms with Gasteiger partial charge in [-0.15, -0.1) is 0 Å². The number of carbonyl (C=O) groups is 1. The van der Waals surface area contributed by atoms with E-state index >= 15 is 0 Å². The fourth-order valence-corrected chi connectivity index (χ4v) is 1.83. The average molecular weight is 243 g/mol. The number of ether oxygens (including phenoxy) is 1. The molecule has 18 heavy (non-hydrogen) atoms. The average Bonchev–Trinajstić information content (AvgIpc) is 2.41. The molecule has 2 aromatic rings. The molecule has 2 rings (SSSR count). The van der Waals surface area contributed by atoms with Crippen LogP contribution < -0.4 is 4.74 Å². The van der Waals surface area contributed by atoms with E-state index in [0.717, 1.165) is 11.1 Å². The van der Waals surface area contributed by atoms with Gasteiger partial charge in [0, 0.05) is 11.8 Å². The first-order valence-electron chi connectivity index (χ1n) is 5.45. The summed E-state index contributed by atoms with van der Waals surface area (Å²) in [6.07, 6.45) is 2.27. The number of rotatable bonds is 3. The number of hydrogen-bond acceptors (Lipinski definition) is 4. The standard InChI is InChI=1S/C14H13NO3/c1-9-6-10(7-11(8-16)13(9)17)12-4-3-5-15-14(12)18-2/h3-8,17H,1-2H3. The quantitative estimate of drug-likeness (QED) is 0.842. The monoisotopic (exact) mass is 243 g/mol. The molecule has 0 aliphatic carbocycles. The highest BCUT2D eigenvalue weighted by atomic mass is 16.5. The number of methoxy groups -OCH3 is 1. The molecular weight excluding hydrogens is 230 g/mol. The number of phenols is 1. The SMILES string of the molecule is COc1ncccc1-c1cc(C)c(O)c(C=O)c1. The van der Waals surface area contributed by atoms with E-state index in [-0.39, 0.29) is 11.3 Å². The second kappa shape index (κ2) is 4.87. The molecule has 0 unspecified atom stereocenters. The molecule has 0 aliphatic heterocycles. The van der Waals surface area contributed by atoms with Crippen molar-refractivity contribution in [3.63, 3.8) is 0 Å². The number of benzene rings is 1. The predicted octanol–water partition coefficient (Wildman–Crippen LogP) is 2.58. The summed E-state index contributed by atoms with van der Waals surface area (Å²) >= 11 is 0. The topological polar surface area (TPSA) is 59.4 Å². The molecule has 1 aromatic carbocycles. The van der Waals surface area contributed by atoms with Gasteiger partial charge in [0.05, 0.1) is 12.7 Å². The molecule has 1 N–H and O–H groups in total. The molecular formula is C14H13NO3. The van der Waals surface area contributed by atoms with E-state index in [0.29, 0.717) is 17.7 Å². The number of carbonyl (C=O) groups excluding carboxylic acids is 1. The van der Waals surface area contributed by atoms with Gasteiger partial charge in [-0.3, -0.25) is 4.79 Å². The molecule has 0 radical (unpaired) electrons. The minimum absolute atomic E-state index is 0.0107. The lowest BCUT2D eigenvalue weighted by molar-refractivity contribution is 0.112. The minimum Gasteiger partial charge on any atom is -0.507 e. The Morgan fingerprint density at radius 2 is 2.17 bits per heavy atom. The summed E-state index contributed by atoms with van der Waals surface area (Å²) in [6, 6.07) is 7.06. The normalized spacial score (nSPS) is 10.1. The van der Waals surface area contributed by atoms with Gasteiger partial charge in [-0.1, -0.05) is 0 Å². The highest BCUT2D eigenvalue weighted by Gasteiger charge is 2.11. The van der Waals surface area contributed by atoms with Gasteiger partial charge in [0.2, 0.25) is 5.88 Å². The van der Waals surface area contributed by atoms with Crippen molar-refractivity contribution in [2.24, 2.45) is 0 Å². The zero-order valence-corrected chi connectivity index (χ0v) is 10.2. The lowest BCUT2D eigenvalue weighted by atomic mass is 10.0. The molecule has 0 saturated carbocycles. The summed E-state index contributed by atoms with van der Waals surface area (Å²) in [7, 11) is 1.54. The highest BCUT2D eigenvalue weighted by Crippen LogP contribution is 2.32. The Bertz CT molecular complexity index is 594. The van der Waals surface area contributed by atoms with Gasteiger partial charge in [-0.25, -0.2) is 4.98 Å². The van der Waals surface area contributed by atoms with Gasteiger partial charge in [0.25, 0.3) is 0 Å². The summed E-state index contributed by atoms with van der Waals surface area (Å²) in [5.41, 5.74) is 2.47. The third-order valence-corrected chi connectivity index (χ3v) is 2.73. The first-order chi connectivity index (χ1) is 8.67. The number of aldehydes is 1. The Morgan fingerprint density at radius 1 is 1.39 bits per heavy atom. The fraction of sp³-hybridized carbons (Fsp3) is 0.143. The zero-order chi connectivity index (χ0) is 13.1. The maximum atomic E-state index is 10.9. The van der Waals surface area contributed by atoms with Crippen molar-refractivity contribution >= 4 is 6.29 Å². The second-order valence-electron chi connectivity index (χ2n) is 3.91. The molecule has 92 valence electrons. The minimum atomic E-state index is 0.0107. The van der Waals surface area contributed by atoms with E-state index < -0.39 is 0 Å². The van der Waals surface area contributed by atoms with Crippen molar-refractivity contribution in [3.05, 3.63) is 41.6 Å². The van der Waals surface area contributed by atoms with Crippen LogP contribution in [0.5, 0.6) is 11.6 Å². The molecule has 0 atom stereocenters. The van der Waals surface area contributed by atoms with Crippen LogP contribution >= 0.6 is 0 Å². The van der Waals surface area contributed by atoms with Crippen molar-refractivity contribution in [2.75, 3.05) is 7.11 Å². The largest absolute Gasteiger partial charge is 0.507 e. The van der Waals surface area contributed by atoms with E-state index in [2.05, 4.69) is 4.98 Å². The Kier molecular flexibility index (Phi) is 3.28. The molecule has 4 nitrogen and oxygen atoms in total. The summed E-state index contributed by atoms with van der Waals surface area (Å²) in [5.74, 6) is 0.496. The number of aromatic nitrogens is 1. The molecule has 0 aliphatic rings. The Balaban J connectivity index is 2.64. The molecule has 4 heteroatoms. The molecule has 0 amide bonds. The molecule has 0 saturated heterocycles. The number of hydrogen-bond donors (Lipinski definition) is 1. The van der Waals surface area contributed by atoms with E-state index in [1.807, 2.05) is 6.07 Å². The third kappa shape index (κ3) is 2.05. The van der Waals surface area contributed by atoms with E-state index in [9.17, 15) is 9.90 Å². The van der Waals surface area contributed by atoms with Crippen molar-refractivity contribution in [1.82, 2.24) is 4.98 Å². The smallest absolute Gasteiger partial charge is 0.221 e. The Morgan fingerprint density at radius 3 is 2.83 bits per heavy atom. The Labute approximate surface area is 105 Å². The van der Waals surface area contributed by atoms with Crippen molar-refractivity contribution in [3.8, 4) is 22.8 Å². The van der Waals surface area contributed by atoms with Crippen LogP contribution in [0, 0.1) is 6.92 Å². The van der Waals surface area contributed by atoms with Crippen LogP contribution in [0.1, 0.15) is 15.9 Å². The van der Waals surface area contributed by atoms with E-state index in [4.69, 9.17) is 4.74 Å². The van der Waals surface area contributed by atoms with Crippen molar-refractivity contribution in [1.29, 1.82) is 0 Å². The molecule has 0 bridgehead atoms. The van der Waals surface area contributed by atoms with Gasteiger partial charge in [-0.05, 0) is 42.3 Å². The number of aromatic hydroxyl groups is 1. The van der Waals surface area contributed by atoms with Crippen LogP contribution in [0.3, 0.4) is 0 Å². The summed E-state index contributed by atoms with van der Waals surface area (Å²) in [4.78, 5) is 15.0. The molecule has 0 spiro atoms. The summed E-state index contributed by atoms with van der Waals surface area (Å²) in [5, 5.41) is 9.72. The van der Waals surface area contributed by atoms with Gasteiger partial charge in [-0.2, -0.15) is 0 Å². The van der Waals surface area contributed by atoms with Crippen LogP contribution in [0.25, 0.3) is 11.1 Å².